The quantitative estimate of drug-likeness (QED) is 0.216. The Balaban J connectivity index is 1.73. The predicted molar refractivity (Wildman–Crippen MR) is 140 cm³/mol. The van der Waals surface area contributed by atoms with Crippen molar-refractivity contribution in [3.05, 3.63) is 12.3 Å². The number of hydrogen-bond acceptors (Lipinski definition) is 12. The van der Waals surface area contributed by atoms with Gasteiger partial charge in [0.05, 0.1) is 31.5 Å². The second-order valence-corrected chi connectivity index (χ2v) is 17.9. The van der Waals surface area contributed by atoms with Crippen molar-refractivity contribution in [1.29, 1.82) is 0 Å². The minimum Gasteiger partial charge on any atom is -0.379 e. The van der Waals surface area contributed by atoms with Gasteiger partial charge in [-0.1, -0.05) is 6.58 Å². The summed E-state index contributed by atoms with van der Waals surface area (Å²) >= 11 is 0. The van der Waals surface area contributed by atoms with E-state index in [1.54, 1.807) is 48.4 Å². The van der Waals surface area contributed by atoms with Gasteiger partial charge < -0.3 is 49.3 Å². The molecule has 0 N–H and O–H groups in total. The Morgan fingerprint density at radius 3 is 2.35 bits per heavy atom. The molecule has 0 amide bonds. The zero-order chi connectivity index (χ0) is 27.0. The van der Waals surface area contributed by atoms with Crippen LogP contribution in [0.15, 0.2) is 12.3 Å². The summed E-state index contributed by atoms with van der Waals surface area (Å²) < 4.78 is 66.0. The Labute approximate surface area is 224 Å². The van der Waals surface area contributed by atoms with Gasteiger partial charge in [-0.05, 0) is 18.5 Å². The first-order chi connectivity index (χ1) is 17.8. The number of rotatable bonds is 14. The SMILES string of the molecule is C=C[Si]12OCCN(CC(COCCC[Si](OC)(OC)OC)O1)CC1(COCCC1[Si](OC)(OC)OC)O2. The maximum Gasteiger partial charge on any atom is 0.530 e. The molecule has 4 aliphatic heterocycles. The molecule has 0 aromatic carbocycles. The summed E-state index contributed by atoms with van der Waals surface area (Å²) in [6, 6.07) is 0.666. The first kappa shape index (κ1) is 31.4. The van der Waals surface area contributed by atoms with Crippen LogP contribution < -0.4 is 0 Å². The van der Waals surface area contributed by atoms with Crippen LogP contribution in [-0.2, 0) is 49.3 Å². The molecule has 4 heterocycles. The molecule has 12 nitrogen and oxygen atoms in total. The minimum absolute atomic E-state index is 0.159. The lowest BCUT2D eigenvalue weighted by atomic mass is 9.94. The molecular weight excluding hydrogens is 538 g/mol. The van der Waals surface area contributed by atoms with E-state index in [-0.39, 0.29) is 11.6 Å². The molecule has 5 unspecified atom stereocenters. The number of nitrogens with zero attached hydrogens (tertiary/aromatic N) is 1. The molecule has 2 bridgehead atoms. The monoisotopic (exact) mass is 583 g/mol. The summed E-state index contributed by atoms with van der Waals surface area (Å²) in [5, 5.41) is 0. The van der Waals surface area contributed by atoms with Gasteiger partial charge in [0.25, 0.3) is 0 Å². The maximum atomic E-state index is 6.90. The van der Waals surface area contributed by atoms with E-state index >= 15 is 0 Å². The van der Waals surface area contributed by atoms with Crippen molar-refractivity contribution in [3.63, 3.8) is 0 Å². The van der Waals surface area contributed by atoms with Gasteiger partial charge in [-0.2, -0.15) is 0 Å². The Morgan fingerprint density at radius 1 is 1.03 bits per heavy atom. The highest BCUT2D eigenvalue weighted by Gasteiger charge is 2.64. The molecule has 0 saturated carbocycles. The molecule has 0 aliphatic carbocycles. The van der Waals surface area contributed by atoms with E-state index in [9.17, 15) is 0 Å². The average Bonchev–Trinajstić information content (AvgIpc) is 2.90. The topological polar surface area (TPSA) is 105 Å². The third kappa shape index (κ3) is 6.98. The maximum absolute atomic E-state index is 6.90. The summed E-state index contributed by atoms with van der Waals surface area (Å²) in [5.41, 5.74) is 0.765. The van der Waals surface area contributed by atoms with Crippen LogP contribution in [0.2, 0.25) is 11.6 Å². The van der Waals surface area contributed by atoms with Crippen LogP contribution >= 0.6 is 0 Å². The molecule has 0 aromatic rings. The summed E-state index contributed by atoms with van der Waals surface area (Å²) in [6.07, 6.45) is 1.18. The first-order valence-corrected chi connectivity index (χ1v) is 18.2. The van der Waals surface area contributed by atoms with Crippen LogP contribution in [0, 0.1) is 0 Å². The molecule has 0 aromatic heterocycles. The van der Waals surface area contributed by atoms with Gasteiger partial charge in [0.15, 0.2) is 0 Å². The lowest BCUT2D eigenvalue weighted by Gasteiger charge is -2.54. The van der Waals surface area contributed by atoms with E-state index in [0.29, 0.717) is 58.6 Å². The van der Waals surface area contributed by atoms with Crippen molar-refractivity contribution in [2.45, 2.75) is 36.1 Å². The molecule has 1 spiro atoms. The van der Waals surface area contributed by atoms with Gasteiger partial charge >= 0.3 is 26.4 Å². The van der Waals surface area contributed by atoms with Crippen LogP contribution in [-0.4, -0.2) is 138 Å². The summed E-state index contributed by atoms with van der Waals surface area (Å²) in [4.78, 5) is 2.29. The average molecular weight is 584 g/mol. The highest BCUT2D eigenvalue weighted by atomic mass is 28.4. The number of fused-ring (bicyclic) bond motifs is 4. The van der Waals surface area contributed by atoms with E-state index in [4.69, 9.17) is 49.3 Å². The minimum atomic E-state index is -3.32. The van der Waals surface area contributed by atoms with E-state index in [1.165, 1.54) is 0 Å². The molecule has 37 heavy (non-hydrogen) atoms. The second-order valence-electron chi connectivity index (χ2n) is 9.38. The van der Waals surface area contributed by atoms with Crippen LogP contribution in [0.1, 0.15) is 12.8 Å². The molecule has 15 heteroatoms. The predicted octanol–water partition coefficient (Wildman–Crippen LogP) is 1.09. The molecule has 4 aliphatic rings. The smallest absolute Gasteiger partial charge is 0.379 e. The Hall–Kier alpha value is -0.0894. The van der Waals surface area contributed by atoms with Gasteiger partial charge in [0.2, 0.25) is 0 Å². The van der Waals surface area contributed by atoms with E-state index < -0.39 is 32.0 Å². The van der Waals surface area contributed by atoms with Crippen LogP contribution in [0.3, 0.4) is 0 Å². The normalized spacial score (nSPS) is 33.2. The van der Waals surface area contributed by atoms with Crippen molar-refractivity contribution in [3.8, 4) is 0 Å². The fraction of sp³-hybridized carbons (Fsp3) is 0.909. The molecule has 5 atom stereocenters. The Bertz CT molecular complexity index is 701. The summed E-state index contributed by atoms with van der Waals surface area (Å²) in [5.74, 6) is 0. The molecule has 4 saturated heterocycles. The van der Waals surface area contributed by atoms with E-state index in [1.807, 2.05) is 0 Å². The van der Waals surface area contributed by atoms with Crippen LogP contribution in [0.25, 0.3) is 0 Å². The summed E-state index contributed by atoms with van der Waals surface area (Å²) in [6.45, 7) is 8.41. The third-order valence-electron chi connectivity index (χ3n) is 7.41. The van der Waals surface area contributed by atoms with E-state index in [2.05, 4.69) is 11.5 Å². The van der Waals surface area contributed by atoms with Crippen LogP contribution in [0.4, 0.5) is 0 Å². The fourth-order valence-corrected chi connectivity index (χ4v) is 12.3. The fourth-order valence-electron chi connectivity index (χ4n) is 5.53. The van der Waals surface area contributed by atoms with Crippen LogP contribution in [0.5, 0.6) is 0 Å². The van der Waals surface area contributed by atoms with Crippen molar-refractivity contribution < 1.29 is 49.3 Å². The number of ether oxygens (including phenoxy) is 2. The van der Waals surface area contributed by atoms with Gasteiger partial charge in [-0.3, -0.25) is 4.90 Å². The molecule has 4 fully saturated rings. The van der Waals surface area contributed by atoms with Gasteiger partial charge in [0.1, 0.15) is 5.60 Å². The van der Waals surface area contributed by atoms with Crippen molar-refractivity contribution in [1.82, 2.24) is 4.90 Å². The van der Waals surface area contributed by atoms with Crippen molar-refractivity contribution >= 4 is 26.4 Å². The Morgan fingerprint density at radius 2 is 1.73 bits per heavy atom. The zero-order valence-electron chi connectivity index (χ0n) is 23.2. The molecular formula is C22H45NO11Si3. The standard InChI is InChI=1S/C22H45NO11Si3/c1-8-35-32-14-11-23(16-20(33-35)17-30-12-9-15-36(24-2,25-3)26-4)18-22(34-35)19-31-13-10-21(22)37(27-5,28-6)29-7/h8,20-21H,1,9-19H2,2-7H3. The van der Waals surface area contributed by atoms with Crippen molar-refractivity contribution in [2.24, 2.45) is 0 Å². The van der Waals surface area contributed by atoms with Gasteiger partial charge in [-0.25, -0.2) is 0 Å². The van der Waals surface area contributed by atoms with Gasteiger partial charge in [0, 0.05) is 81.6 Å². The molecule has 0 radical (unpaired) electrons. The van der Waals surface area contributed by atoms with Crippen molar-refractivity contribution in [2.75, 3.05) is 95.3 Å². The Kier molecular flexibility index (Phi) is 11.9. The lowest BCUT2D eigenvalue weighted by molar-refractivity contribution is -0.163. The van der Waals surface area contributed by atoms with E-state index in [0.717, 1.165) is 13.0 Å². The highest BCUT2D eigenvalue weighted by Crippen LogP contribution is 2.46. The number of hydrogen-bond donors (Lipinski definition) is 0. The molecule has 216 valence electrons. The zero-order valence-corrected chi connectivity index (χ0v) is 26.2. The largest absolute Gasteiger partial charge is 0.530 e. The summed E-state index contributed by atoms with van der Waals surface area (Å²) in [7, 11) is 0.707. The third-order valence-corrected chi connectivity index (χ3v) is 16.1. The first-order valence-electron chi connectivity index (χ1n) is 12.7. The lowest BCUT2D eigenvalue weighted by Crippen LogP contribution is -2.71. The highest BCUT2D eigenvalue weighted by molar-refractivity contribution is 6.67. The van der Waals surface area contributed by atoms with Gasteiger partial charge in [-0.15, -0.1) is 0 Å². The second kappa shape index (κ2) is 14.0. The molecule has 4 rings (SSSR count).